The van der Waals surface area contributed by atoms with Crippen molar-refractivity contribution >= 4 is 0 Å². The number of hydrogen-bond donors (Lipinski definition) is 48. The summed E-state index contributed by atoms with van der Waals surface area (Å²) in [6, 6.07) is 0. The quantitative estimate of drug-likeness (QED) is 0.107. The summed E-state index contributed by atoms with van der Waals surface area (Å²) in [4.78, 5) is 0. The molecular formula is C51H349FN48. The monoisotopic (exact) mass is 1700 g/mol. The van der Waals surface area contributed by atoms with Gasteiger partial charge in [0.25, 0.3) is 0 Å². The van der Waals surface area contributed by atoms with Crippen LogP contribution in [0.15, 0.2) is 0 Å². The van der Waals surface area contributed by atoms with Crippen molar-refractivity contribution in [3.63, 3.8) is 0 Å². The summed E-state index contributed by atoms with van der Waals surface area (Å²) >= 11 is 0. The Morgan fingerprint density at radius 2 is 0.0500 bits per heavy atom. The molecule has 800 valence electrons. The van der Waals surface area contributed by atoms with Gasteiger partial charge in [-0.15, -0.1) is 0 Å². The van der Waals surface area contributed by atoms with Crippen LogP contribution in [0.4, 0.5) is 4.70 Å². The van der Waals surface area contributed by atoms with Gasteiger partial charge in [-0.3, -0.25) is 4.70 Å². The molecule has 100 heavy (non-hydrogen) atoms. The SMILES string of the molecule is C.C.C.C.C.C.C.C.C.C.C.C.C.C.C.C.C.C.C.C.C.C.C.C.C.C.C.C.C.C.C.C.C.C.C.C.C.C.C.C.C.C.C.C.C.C.C.C.C.C.C.F.[2H]N.[2H]N.[2H]N.[2H]N.[2H]N.[2H]N.[2H]N.[2H]N.[2H]N.[2H]N.[2H]N.[2H]N.[2H]N.[2H]N.[2H]N.[2H]N.[2H]N.[2H]N.[2H]N.[2H]N.[2H]N.[2H]N.[2H]N.[2H]N.[2H]N.[2H]N.[2H]N.[2H]N.[2H]N.[2H]N.[2H]N.[2H]N.[2H]N.[2H]N.[2H]N.[2H]N.[2H]N.[2H]N.[2H]N.[2H]N.[2H]N.[2H]N.[2H]N.[2H]N.[2H]N.[2H]N.[2H]N.[2H]N. The molecule has 0 aromatic carbocycles. The second kappa shape index (κ2) is 226000. The van der Waals surface area contributed by atoms with Crippen LogP contribution in [0.1, 0.15) is 379 Å². The highest BCUT2D eigenvalue weighted by molar-refractivity contribution is 2.56. The molecule has 0 atom stereocenters. The maximum atomic E-state index is 5.25. The average molecular weight is 1700 g/mol. The highest BCUT2D eigenvalue weighted by Gasteiger charge is -0.0185. The molecule has 0 spiro atoms. The van der Waals surface area contributed by atoms with Crippen LogP contribution in [0.5, 0.6) is 0 Å². The summed E-state index contributed by atoms with van der Waals surface area (Å²) in [5.41, 5.74) is 0. The largest absolute Gasteiger partial charge is 0.344 e. The molecule has 0 unspecified atom stereocenters. The summed E-state index contributed by atoms with van der Waals surface area (Å²) in [6.45, 7) is 0. The van der Waals surface area contributed by atoms with E-state index in [0.29, 0.717) is 0 Å². The smallest absolute Gasteiger partial charge is 0.115 e. The van der Waals surface area contributed by atoms with Gasteiger partial charge in [-0.05, 0) is 0 Å². The van der Waals surface area contributed by atoms with Gasteiger partial charge < -0.3 is 295 Å². The highest BCUT2D eigenvalue weighted by Crippen LogP contribution is 0.421. The van der Waals surface area contributed by atoms with E-state index in [9.17, 15) is 0 Å². The van der Waals surface area contributed by atoms with E-state index in [1.807, 2.05) is 0 Å². The predicted octanol–water partition coefficient (Wildman–Crippen LogP) is 40.4. The molecule has 0 aliphatic carbocycles. The first kappa shape index (κ1) is 436. The molecule has 0 saturated heterocycles. The Morgan fingerprint density at radius 3 is 0.0500 bits per heavy atom. The van der Waals surface area contributed by atoms with E-state index in [2.05, 4.69) is 295 Å². The van der Waals surface area contributed by atoms with E-state index in [1.54, 1.807) is 0 Å². The van der Waals surface area contributed by atoms with E-state index in [0.717, 1.165) is 0 Å². The van der Waals surface area contributed by atoms with E-state index >= 15 is 0 Å². The normalized spacial score (nSPS) is 3.36. The predicted molar refractivity (Wildman–Crippen MR) is 587 cm³/mol. The van der Waals surface area contributed by atoms with E-state index in [-0.39, 0.29) is 383 Å². The molecule has 144 N–H and O–H groups in total. The third-order valence-corrected chi connectivity index (χ3v) is 0. The fourth-order valence-corrected chi connectivity index (χ4v) is 0. The van der Waals surface area contributed by atoms with Crippen LogP contribution in [0.25, 0.3) is 0 Å². The van der Waals surface area contributed by atoms with Crippen molar-refractivity contribution in [1.29, 1.82) is 0 Å². The van der Waals surface area contributed by atoms with Crippen LogP contribution in [-0.4, -0.2) is 0 Å². The molecule has 49 heteroatoms. The van der Waals surface area contributed by atoms with Crippen molar-refractivity contribution in [2.45, 2.75) is 379 Å². The molecule has 0 radical (unpaired) electrons. The zero-order valence-corrected chi connectivity index (χ0v) is 28.1. The minimum atomic E-state index is 0. The molecule has 48 nitrogen and oxygen atoms in total. The third kappa shape index (κ3) is 219000. The second-order valence-corrected chi connectivity index (χ2v) is 0. The Kier molecular flexibility index (Phi) is 984000. The summed E-state index contributed by atoms with van der Waals surface area (Å²) in [7, 11) is 0. The number of rotatable bonds is 0. The molecule has 0 bridgehead atoms. The first-order valence-electron chi connectivity index (χ1n) is 27.7. The molecule has 0 saturated carbocycles. The Hall–Kier alpha value is -1.99. The lowest BCUT2D eigenvalue weighted by molar-refractivity contribution is 1.11. The van der Waals surface area contributed by atoms with Crippen LogP contribution in [-0.2, 0) is 0 Å². The summed E-state index contributed by atoms with van der Waals surface area (Å²) in [6.07, 6.45) is 180. The third-order valence-electron chi connectivity index (χ3n) is 0. The Morgan fingerprint density at radius 1 is 0.0500 bits per heavy atom. The maximum absolute atomic E-state index is 5.25. The Labute approximate surface area is 747 Å². The molecule has 0 heterocycles. The zero-order valence-electron chi connectivity index (χ0n) is 76.1. The van der Waals surface area contributed by atoms with E-state index in [4.69, 9.17) is 67.8 Å². The van der Waals surface area contributed by atoms with E-state index in [1.165, 1.54) is 0 Å². The zero-order chi connectivity index (χ0) is 96.0. The van der Waals surface area contributed by atoms with Gasteiger partial charge in [-0.1, -0.05) is 379 Å². The van der Waals surface area contributed by atoms with Gasteiger partial charge >= 0.3 is 0 Å². The summed E-state index contributed by atoms with van der Waals surface area (Å²) in [5, 5.41) is 0. The summed E-state index contributed by atoms with van der Waals surface area (Å²) in [5.74, 6) is 0. The highest BCUT2D eigenvalue weighted by atomic mass is 19.0. The van der Waals surface area contributed by atoms with Crippen LogP contribution in [0, 0.1) is 0 Å². The minimum absolute atomic E-state index is 0. The topological polar surface area (TPSA) is 1680 Å². The molecule has 0 amide bonds. The number of halogens is 1. The lowest BCUT2D eigenvalue weighted by atomic mass is 12.0. The average Bonchev–Trinajstić information content (AvgIpc) is 3.84. The van der Waals surface area contributed by atoms with Gasteiger partial charge in [-0.2, -0.15) is 0 Å². The lowest BCUT2D eigenvalue weighted by Crippen LogP contribution is -0.482. The van der Waals surface area contributed by atoms with Gasteiger partial charge in [0.15, 0.2) is 0 Å². The molecule has 0 fully saturated rings. The maximum Gasteiger partial charge on any atom is 0.115 e. The minimum Gasteiger partial charge on any atom is -0.344 e. The first-order valence-corrected chi connectivity index (χ1v) is 0. The van der Waals surface area contributed by atoms with Crippen molar-refractivity contribution in [3.05, 3.63) is 0 Å². The molecule has 0 aliphatic rings. The first-order chi connectivity index (χ1) is 48.0. The molecular weight excluding hydrogens is 1300 g/mol. The fraction of sp³-hybridized carbons (Fsp3) is 1.00. The second-order valence-electron chi connectivity index (χ2n) is 0. The van der Waals surface area contributed by atoms with Gasteiger partial charge in [0, 0.05) is 0 Å². The lowest BCUT2D eigenvalue weighted by Gasteiger charge is -0.345. The fourth-order valence-electron chi connectivity index (χ4n) is 0. The number of hydrogen-bond acceptors (Lipinski definition) is 48. The molecule has 0 aromatic heterocycles. The van der Waals surface area contributed by atoms with Crippen LogP contribution >= 0.6 is 0 Å². The Balaban J connectivity index is -0.00000000161. The van der Waals surface area contributed by atoms with E-state index < -0.39 is 0 Å². The standard InChI is InChI=1S/51CH4.FH.48H3N/h51*1H4;1H;48*1H3/i/hD48. The van der Waals surface area contributed by atoms with Gasteiger partial charge in [-0.25, -0.2) is 0 Å². The van der Waals surface area contributed by atoms with Crippen molar-refractivity contribution < 1.29 is 72.5 Å². The van der Waals surface area contributed by atoms with Gasteiger partial charge in [0.2, 0.25) is 0 Å². The molecule has 0 rings (SSSR count). The Bertz CT molecular complexity index is 242. The molecule has 0 aliphatic heterocycles. The molecule has 0 aromatic rings. The van der Waals surface area contributed by atoms with Crippen LogP contribution in [0.3, 0.4) is 0 Å². The van der Waals surface area contributed by atoms with Gasteiger partial charge in [0.05, 0.1) is 0 Å². The summed E-state index contributed by atoms with van der Waals surface area (Å²) < 4.78 is 252. The van der Waals surface area contributed by atoms with Crippen molar-refractivity contribution in [2.75, 3.05) is 0 Å². The van der Waals surface area contributed by atoms with Gasteiger partial charge in [0.1, 0.15) is 67.8 Å². The van der Waals surface area contributed by atoms with Crippen LogP contribution in [0.2, 0.25) is 67.8 Å². The van der Waals surface area contributed by atoms with Crippen molar-refractivity contribution in [1.82, 2.24) is 295 Å². The van der Waals surface area contributed by atoms with Crippen molar-refractivity contribution in [3.8, 4) is 0 Å². The van der Waals surface area contributed by atoms with Crippen molar-refractivity contribution in [2.24, 2.45) is 0 Å². The van der Waals surface area contributed by atoms with Crippen LogP contribution < -0.4 is 295 Å².